The Morgan fingerprint density at radius 2 is 2.22 bits per heavy atom. The van der Waals surface area contributed by atoms with E-state index in [4.69, 9.17) is 9.15 Å². The second-order valence-corrected chi connectivity index (χ2v) is 5.01. The summed E-state index contributed by atoms with van der Waals surface area (Å²) in [7, 11) is 1.62. The topological polar surface area (TPSA) is 42.6 Å². The molecule has 0 saturated heterocycles. The van der Waals surface area contributed by atoms with E-state index in [-0.39, 0.29) is 0 Å². The molecule has 1 atom stereocenters. The molecule has 0 spiro atoms. The van der Waals surface area contributed by atoms with Crippen molar-refractivity contribution in [2.75, 3.05) is 12.9 Å². The van der Waals surface area contributed by atoms with E-state index in [0.29, 0.717) is 5.75 Å². The first-order valence-corrected chi connectivity index (χ1v) is 6.68. The monoisotopic (exact) mass is 264 g/mol. The average Bonchev–Trinajstić information content (AvgIpc) is 2.81. The van der Waals surface area contributed by atoms with Gasteiger partial charge in [-0.25, -0.2) is 0 Å². The highest BCUT2D eigenvalue weighted by atomic mass is 32.2. The number of hydrogen-bond donors (Lipinski definition) is 1. The molecule has 1 aromatic carbocycles. The third-order valence-corrected chi connectivity index (χ3v) is 3.90. The van der Waals surface area contributed by atoms with Crippen LogP contribution in [0.2, 0.25) is 0 Å². The first-order valence-electron chi connectivity index (χ1n) is 5.69. The Hall–Kier alpha value is -1.39. The van der Waals surface area contributed by atoms with Gasteiger partial charge in [0.2, 0.25) is 0 Å². The van der Waals surface area contributed by atoms with E-state index in [2.05, 4.69) is 0 Å². The number of aliphatic hydroxyl groups is 1. The van der Waals surface area contributed by atoms with Gasteiger partial charge in [-0.2, -0.15) is 0 Å². The Balaban J connectivity index is 1.99. The molecule has 1 N–H and O–H groups in total. The van der Waals surface area contributed by atoms with E-state index in [1.165, 1.54) is 0 Å². The highest BCUT2D eigenvalue weighted by molar-refractivity contribution is 7.99. The first kappa shape index (κ1) is 13.1. The molecule has 1 aromatic heterocycles. The second-order valence-electron chi connectivity index (χ2n) is 3.94. The number of rotatable bonds is 5. The molecule has 0 aliphatic carbocycles. The maximum atomic E-state index is 10.1. The molecule has 1 unspecified atom stereocenters. The molecule has 0 fully saturated rings. The highest BCUT2D eigenvalue weighted by Crippen LogP contribution is 2.28. The van der Waals surface area contributed by atoms with Crippen LogP contribution in [-0.4, -0.2) is 18.0 Å². The number of benzene rings is 1. The summed E-state index contributed by atoms with van der Waals surface area (Å²) in [4.78, 5) is 1.07. The molecule has 18 heavy (non-hydrogen) atoms. The van der Waals surface area contributed by atoms with Crippen LogP contribution in [0, 0.1) is 6.92 Å². The summed E-state index contributed by atoms with van der Waals surface area (Å²) < 4.78 is 10.4. The Kier molecular flexibility index (Phi) is 4.33. The van der Waals surface area contributed by atoms with E-state index in [1.807, 2.05) is 37.3 Å². The van der Waals surface area contributed by atoms with E-state index in [0.717, 1.165) is 22.0 Å². The lowest BCUT2D eigenvalue weighted by Crippen LogP contribution is -2.00. The molecule has 2 rings (SSSR count). The summed E-state index contributed by atoms with van der Waals surface area (Å²) in [5.41, 5.74) is 0.864. The fraction of sp³-hybridized carbons (Fsp3) is 0.286. The number of thioether (sulfide) groups is 1. The summed E-state index contributed by atoms with van der Waals surface area (Å²) in [5.74, 6) is 2.24. The molecule has 96 valence electrons. The quantitative estimate of drug-likeness (QED) is 0.840. The third-order valence-electron chi connectivity index (χ3n) is 2.69. The van der Waals surface area contributed by atoms with Gasteiger partial charge in [0.15, 0.2) is 0 Å². The van der Waals surface area contributed by atoms with Crippen molar-refractivity contribution in [2.45, 2.75) is 17.9 Å². The molecule has 0 aliphatic rings. The molecule has 2 aromatic rings. The van der Waals surface area contributed by atoms with Gasteiger partial charge in [-0.1, -0.05) is 12.1 Å². The van der Waals surface area contributed by atoms with E-state index < -0.39 is 6.10 Å². The largest absolute Gasteiger partial charge is 0.497 e. The number of hydrogen-bond acceptors (Lipinski definition) is 4. The number of ether oxygens (including phenoxy) is 1. The van der Waals surface area contributed by atoms with Gasteiger partial charge < -0.3 is 14.3 Å². The lowest BCUT2D eigenvalue weighted by molar-refractivity contribution is 0.203. The molecule has 0 amide bonds. The number of furan rings is 1. The average molecular weight is 264 g/mol. The van der Waals surface area contributed by atoms with Crippen LogP contribution in [0.1, 0.15) is 17.4 Å². The van der Waals surface area contributed by atoms with Crippen molar-refractivity contribution >= 4 is 11.8 Å². The van der Waals surface area contributed by atoms with Crippen LogP contribution in [0.3, 0.4) is 0 Å². The molecule has 1 heterocycles. The normalized spacial score (nSPS) is 12.4. The predicted molar refractivity (Wildman–Crippen MR) is 72.1 cm³/mol. The van der Waals surface area contributed by atoms with Gasteiger partial charge in [0.1, 0.15) is 11.5 Å². The number of aliphatic hydroxyl groups excluding tert-OH is 1. The first-order chi connectivity index (χ1) is 8.70. The minimum atomic E-state index is -0.514. The van der Waals surface area contributed by atoms with Gasteiger partial charge in [-0.05, 0) is 30.7 Å². The Morgan fingerprint density at radius 1 is 1.39 bits per heavy atom. The van der Waals surface area contributed by atoms with Crippen LogP contribution in [-0.2, 0) is 0 Å². The summed E-state index contributed by atoms with van der Waals surface area (Å²) in [5, 5.41) is 10.1. The van der Waals surface area contributed by atoms with Gasteiger partial charge in [0.05, 0.1) is 19.5 Å². The Bertz CT molecular complexity index is 507. The van der Waals surface area contributed by atoms with E-state index in [9.17, 15) is 5.11 Å². The summed E-state index contributed by atoms with van der Waals surface area (Å²) >= 11 is 1.59. The lowest BCUT2D eigenvalue weighted by Gasteiger charge is -2.11. The van der Waals surface area contributed by atoms with Crippen molar-refractivity contribution in [3.05, 3.63) is 47.9 Å². The fourth-order valence-corrected chi connectivity index (χ4v) is 2.57. The zero-order valence-electron chi connectivity index (χ0n) is 10.4. The molecule has 0 bridgehead atoms. The molecular formula is C14H16O3S. The SMILES string of the molecule is COc1cccc(C(O)CSc2ccoc2C)c1. The number of methoxy groups -OCH3 is 1. The fourth-order valence-electron chi connectivity index (χ4n) is 1.64. The van der Waals surface area contributed by atoms with Crippen molar-refractivity contribution in [3.8, 4) is 5.75 Å². The van der Waals surface area contributed by atoms with Crippen LogP contribution in [0.25, 0.3) is 0 Å². The van der Waals surface area contributed by atoms with Crippen LogP contribution in [0.4, 0.5) is 0 Å². The highest BCUT2D eigenvalue weighted by Gasteiger charge is 2.10. The molecule has 0 aliphatic heterocycles. The Labute approximate surface area is 111 Å². The van der Waals surface area contributed by atoms with Crippen molar-refractivity contribution < 1.29 is 14.3 Å². The van der Waals surface area contributed by atoms with Gasteiger partial charge in [0.25, 0.3) is 0 Å². The van der Waals surface area contributed by atoms with Gasteiger partial charge in [0, 0.05) is 10.6 Å². The van der Waals surface area contributed by atoms with Crippen LogP contribution >= 0.6 is 11.8 Å². The maximum Gasteiger partial charge on any atom is 0.119 e. The third kappa shape index (κ3) is 3.09. The molecule has 4 heteroatoms. The van der Waals surface area contributed by atoms with Crippen LogP contribution in [0.5, 0.6) is 5.75 Å². The smallest absolute Gasteiger partial charge is 0.119 e. The maximum absolute atomic E-state index is 10.1. The second kappa shape index (κ2) is 5.98. The van der Waals surface area contributed by atoms with Crippen molar-refractivity contribution in [2.24, 2.45) is 0 Å². The van der Waals surface area contributed by atoms with Crippen molar-refractivity contribution in [1.82, 2.24) is 0 Å². The molecule has 3 nitrogen and oxygen atoms in total. The lowest BCUT2D eigenvalue weighted by atomic mass is 10.1. The predicted octanol–water partition coefficient (Wildman–Crippen LogP) is 3.42. The zero-order valence-corrected chi connectivity index (χ0v) is 11.2. The number of aryl methyl sites for hydroxylation is 1. The molecule has 0 radical (unpaired) electrons. The summed E-state index contributed by atoms with van der Waals surface area (Å²) in [6.45, 7) is 1.92. The van der Waals surface area contributed by atoms with Gasteiger partial charge >= 0.3 is 0 Å². The van der Waals surface area contributed by atoms with E-state index >= 15 is 0 Å². The molecule has 0 saturated carbocycles. The van der Waals surface area contributed by atoms with Crippen LogP contribution < -0.4 is 4.74 Å². The van der Waals surface area contributed by atoms with E-state index in [1.54, 1.807) is 25.1 Å². The van der Waals surface area contributed by atoms with Crippen molar-refractivity contribution in [1.29, 1.82) is 0 Å². The standard InChI is InChI=1S/C14H16O3S/c1-10-14(6-7-17-10)18-9-13(15)11-4-3-5-12(8-11)16-2/h3-8,13,15H,9H2,1-2H3. The minimum Gasteiger partial charge on any atom is -0.497 e. The Morgan fingerprint density at radius 3 is 2.89 bits per heavy atom. The van der Waals surface area contributed by atoms with Gasteiger partial charge in [-0.15, -0.1) is 11.8 Å². The molecular weight excluding hydrogens is 248 g/mol. The van der Waals surface area contributed by atoms with Crippen molar-refractivity contribution in [3.63, 3.8) is 0 Å². The van der Waals surface area contributed by atoms with Crippen LogP contribution in [0.15, 0.2) is 45.9 Å². The summed E-state index contributed by atoms with van der Waals surface area (Å²) in [6, 6.07) is 9.41. The zero-order chi connectivity index (χ0) is 13.0. The summed E-state index contributed by atoms with van der Waals surface area (Å²) in [6.07, 6.45) is 1.15. The van der Waals surface area contributed by atoms with Gasteiger partial charge in [-0.3, -0.25) is 0 Å². The minimum absolute atomic E-state index is 0.514.